The lowest BCUT2D eigenvalue weighted by Gasteiger charge is -2.28. The van der Waals surface area contributed by atoms with Gasteiger partial charge in [0.1, 0.15) is 5.75 Å². The highest BCUT2D eigenvalue weighted by atomic mass is 16.5. The van der Waals surface area contributed by atoms with Crippen LogP contribution in [0.2, 0.25) is 0 Å². The average molecular weight is 401 g/mol. The summed E-state index contributed by atoms with van der Waals surface area (Å²) in [6, 6.07) is 26.1. The molecule has 0 aliphatic carbocycles. The molecule has 1 aliphatic rings. The SMILES string of the molecule is CC(Oc1ccc(-c2ccccc2)cc1)C(=O)Nc1ccc(N2CCCCC2)cc1. The Balaban J connectivity index is 1.32. The Kier molecular flexibility index (Phi) is 6.33. The van der Waals surface area contributed by atoms with E-state index in [1.165, 1.54) is 24.9 Å². The van der Waals surface area contributed by atoms with Gasteiger partial charge in [0, 0.05) is 24.5 Å². The van der Waals surface area contributed by atoms with Crippen molar-refractivity contribution < 1.29 is 9.53 Å². The van der Waals surface area contributed by atoms with E-state index in [0.717, 1.165) is 29.9 Å². The number of nitrogens with zero attached hydrogens (tertiary/aromatic N) is 1. The summed E-state index contributed by atoms with van der Waals surface area (Å²) in [5.74, 6) is 0.519. The van der Waals surface area contributed by atoms with E-state index in [1.807, 2.05) is 54.6 Å². The predicted octanol–water partition coefficient (Wildman–Crippen LogP) is 5.75. The quantitative estimate of drug-likeness (QED) is 0.573. The average Bonchev–Trinajstić information content (AvgIpc) is 2.81. The number of benzene rings is 3. The maximum atomic E-state index is 12.5. The normalized spacial score (nSPS) is 14.8. The molecule has 1 unspecified atom stereocenters. The van der Waals surface area contributed by atoms with Gasteiger partial charge >= 0.3 is 0 Å². The molecule has 4 rings (SSSR count). The van der Waals surface area contributed by atoms with E-state index in [9.17, 15) is 4.79 Å². The monoisotopic (exact) mass is 400 g/mol. The second-order valence-electron chi connectivity index (χ2n) is 7.73. The standard InChI is InChI=1S/C26H28N2O2/c1-20(30-25-16-10-22(11-17-25)21-8-4-2-5-9-21)26(29)27-23-12-14-24(15-13-23)28-18-6-3-7-19-28/h2,4-5,8-17,20H,3,6-7,18-19H2,1H3,(H,27,29). The molecule has 3 aromatic carbocycles. The highest BCUT2D eigenvalue weighted by molar-refractivity contribution is 5.94. The number of rotatable bonds is 6. The Hall–Kier alpha value is -3.27. The van der Waals surface area contributed by atoms with Gasteiger partial charge in [0.25, 0.3) is 5.91 Å². The van der Waals surface area contributed by atoms with E-state index in [4.69, 9.17) is 4.74 Å². The van der Waals surface area contributed by atoms with Crippen molar-refractivity contribution in [3.05, 3.63) is 78.9 Å². The lowest BCUT2D eigenvalue weighted by molar-refractivity contribution is -0.122. The van der Waals surface area contributed by atoms with Crippen molar-refractivity contribution in [3.8, 4) is 16.9 Å². The van der Waals surface area contributed by atoms with Gasteiger partial charge in [-0.25, -0.2) is 0 Å². The van der Waals surface area contributed by atoms with Gasteiger partial charge in [-0.1, -0.05) is 42.5 Å². The molecule has 1 amide bonds. The van der Waals surface area contributed by atoms with Crippen molar-refractivity contribution in [1.82, 2.24) is 0 Å². The predicted molar refractivity (Wildman–Crippen MR) is 123 cm³/mol. The summed E-state index contributed by atoms with van der Waals surface area (Å²) in [5.41, 5.74) is 4.28. The number of hydrogen-bond acceptors (Lipinski definition) is 3. The van der Waals surface area contributed by atoms with Crippen LogP contribution in [0, 0.1) is 0 Å². The summed E-state index contributed by atoms with van der Waals surface area (Å²) >= 11 is 0. The third-order valence-corrected chi connectivity index (χ3v) is 5.50. The number of carbonyl (C=O) groups excluding carboxylic acids is 1. The zero-order valence-corrected chi connectivity index (χ0v) is 17.4. The minimum Gasteiger partial charge on any atom is -0.481 e. The molecule has 1 heterocycles. The molecule has 3 aromatic rings. The van der Waals surface area contributed by atoms with Crippen LogP contribution >= 0.6 is 0 Å². The summed E-state index contributed by atoms with van der Waals surface area (Å²) in [7, 11) is 0. The lowest BCUT2D eigenvalue weighted by atomic mass is 10.1. The Morgan fingerprint density at radius 2 is 1.47 bits per heavy atom. The van der Waals surface area contributed by atoms with Crippen LogP contribution in [0.25, 0.3) is 11.1 Å². The Labute approximate surface area is 178 Å². The van der Waals surface area contributed by atoms with Crippen LogP contribution < -0.4 is 15.0 Å². The highest BCUT2D eigenvalue weighted by Crippen LogP contribution is 2.24. The van der Waals surface area contributed by atoms with Gasteiger partial charge in [-0.05, 0) is 73.7 Å². The Morgan fingerprint density at radius 1 is 0.833 bits per heavy atom. The fourth-order valence-corrected chi connectivity index (χ4v) is 3.77. The summed E-state index contributed by atoms with van der Waals surface area (Å²) in [6.07, 6.45) is 3.23. The van der Waals surface area contributed by atoms with Crippen LogP contribution in [0.4, 0.5) is 11.4 Å². The molecule has 30 heavy (non-hydrogen) atoms. The van der Waals surface area contributed by atoms with E-state index >= 15 is 0 Å². The molecule has 0 bridgehead atoms. The third-order valence-electron chi connectivity index (χ3n) is 5.50. The highest BCUT2D eigenvalue weighted by Gasteiger charge is 2.16. The van der Waals surface area contributed by atoms with E-state index < -0.39 is 6.10 Å². The van der Waals surface area contributed by atoms with Gasteiger partial charge in [-0.3, -0.25) is 4.79 Å². The van der Waals surface area contributed by atoms with Crippen LogP contribution in [0.5, 0.6) is 5.75 Å². The van der Waals surface area contributed by atoms with Gasteiger partial charge in [0.05, 0.1) is 0 Å². The third kappa shape index (κ3) is 5.01. The molecule has 0 aromatic heterocycles. The van der Waals surface area contributed by atoms with Crippen molar-refractivity contribution >= 4 is 17.3 Å². The van der Waals surface area contributed by atoms with Crippen LogP contribution in [0.15, 0.2) is 78.9 Å². The number of piperidine rings is 1. The Bertz CT molecular complexity index is 947. The lowest BCUT2D eigenvalue weighted by Crippen LogP contribution is -2.30. The summed E-state index contributed by atoms with van der Waals surface area (Å²) in [5, 5.41) is 2.95. The molecule has 1 atom stereocenters. The molecule has 1 aliphatic heterocycles. The largest absolute Gasteiger partial charge is 0.481 e. The molecular weight excluding hydrogens is 372 g/mol. The van der Waals surface area contributed by atoms with Crippen molar-refractivity contribution in [3.63, 3.8) is 0 Å². The first-order valence-electron chi connectivity index (χ1n) is 10.7. The number of nitrogens with one attached hydrogen (secondary N) is 1. The molecule has 1 N–H and O–H groups in total. The molecule has 1 fully saturated rings. The van der Waals surface area contributed by atoms with E-state index in [2.05, 4.69) is 34.5 Å². The van der Waals surface area contributed by atoms with E-state index in [-0.39, 0.29) is 5.91 Å². The van der Waals surface area contributed by atoms with Crippen molar-refractivity contribution in [1.29, 1.82) is 0 Å². The van der Waals surface area contributed by atoms with Crippen LogP contribution in [0.3, 0.4) is 0 Å². The first kappa shape index (κ1) is 20.0. The Morgan fingerprint density at radius 3 is 2.13 bits per heavy atom. The zero-order chi connectivity index (χ0) is 20.8. The fraction of sp³-hybridized carbons (Fsp3) is 0.269. The topological polar surface area (TPSA) is 41.6 Å². The molecule has 154 valence electrons. The molecule has 4 nitrogen and oxygen atoms in total. The van der Waals surface area contributed by atoms with Crippen LogP contribution in [0.1, 0.15) is 26.2 Å². The van der Waals surface area contributed by atoms with Crippen LogP contribution in [-0.4, -0.2) is 25.1 Å². The van der Waals surface area contributed by atoms with Gasteiger partial charge in [0.2, 0.25) is 0 Å². The second kappa shape index (κ2) is 9.49. The summed E-state index contributed by atoms with van der Waals surface area (Å²) < 4.78 is 5.84. The van der Waals surface area contributed by atoms with Crippen molar-refractivity contribution in [2.24, 2.45) is 0 Å². The molecular formula is C26H28N2O2. The second-order valence-corrected chi connectivity index (χ2v) is 7.73. The fourth-order valence-electron chi connectivity index (χ4n) is 3.77. The molecule has 0 spiro atoms. The van der Waals surface area contributed by atoms with Gasteiger partial charge in [-0.2, -0.15) is 0 Å². The maximum absolute atomic E-state index is 12.5. The number of amides is 1. The minimum atomic E-state index is -0.589. The maximum Gasteiger partial charge on any atom is 0.265 e. The number of ether oxygens (including phenoxy) is 1. The molecule has 1 saturated heterocycles. The van der Waals surface area contributed by atoms with E-state index in [1.54, 1.807) is 6.92 Å². The van der Waals surface area contributed by atoms with Gasteiger partial charge < -0.3 is 15.0 Å². The summed E-state index contributed by atoms with van der Waals surface area (Å²) in [6.45, 7) is 3.99. The number of anilines is 2. The first-order valence-corrected chi connectivity index (χ1v) is 10.7. The number of carbonyl (C=O) groups is 1. The van der Waals surface area contributed by atoms with Gasteiger partial charge in [0.15, 0.2) is 6.10 Å². The van der Waals surface area contributed by atoms with Crippen molar-refractivity contribution in [2.75, 3.05) is 23.3 Å². The van der Waals surface area contributed by atoms with Crippen molar-refractivity contribution in [2.45, 2.75) is 32.3 Å². The number of hydrogen-bond donors (Lipinski definition) is 1. The summed E-state index contributed by atoms with van der Waals surface area (Å²) in [4.78, 5) is 14.9. The molecule has 0 radical (unpaired) electrons. The van der Waals surface area contributed by atoms with Crippen LogP contribution in [-0.2, 0) is 4.79 Å². The first-order chi connectivity index (χ1) is 14.7. The minimum absolute atomic E-state index is 0.159. The smallest absolute Gasteiger partial charge is 0.265 e. The zero-order valence-electron chi connectivity index (χ0n) is 17.4. The van der Waals surface area contributed by atoms with E-state index in [0.29, 0.717) is 5.75 Å². The van der Waals surface area contributed by atoms with Gasteiger partial charge in [-0.15, -0.1) is 0 Å². The molecule has 4 heteroatoms. The molecule has 0 saturated carbocycles.